The SMILES string of the molecule is O=C(O)c1ccc(Br)cc1OCc1cccc2ccccc12. The second-order valence-electron chi connectivity index (χ2n) is 4.87. The monoisotopic (exact) mass is 356 g/mol. The van der Waals surface area contributed by atoms with E-state index in [0.29, 0.717) is 12.4 Å². The molecule has 3 aromatic rings. The van der Waals surface area contributed by atoms with Crippen LogP contribution in [-0.2, 0) is 6.61 Å². The van der Waals surface area contributed by atoms with Gasteiger partial charge in [-0.05, 0) is 34.5 Å². The van der Waals surface area contributed by atoms with E-state index >= 15 is 0 Å². The maximum atomic E-state index is 11.3. The number of benzene rings is 3. The van der Waals surface area contributed by atoms with Crippen LogP contribution in [0.5, 0.6) is 5.75 Å². The standard InChI is InChI=1S/C18H13BrO3/c19-14-8-9-16(18(20)21)17(10-14)22-11-13-6-3-5-12-4-1-2-7-15(12)13/h1-10H,11H2,(H,20,21). The molecule has 110 valence electrons. The third-order valence-electron chi connectivity index (χ3n) is 3.44. The summed E-state index contributed by atoms with van der Waals surface area (Å²) in [4.78, 5) is 11.3. The molecule has 0 radical (unpaired) electrons. The second-order valence-corrected chi connectivity index (χ2v) is 5.79. The molecule has 0 amide bonds. The van der Waals surface area contributed by atoms with Crippen LogP contribution in [0.25, 0.3) is 10.8 Å². The van der Waals surface area contributed by atoms with Crippen molar-refractivity contribution in [1.29, 1.82) is 0 Å². The third-order valence-corrected chi connectivity index (χ3v) is 3.93. The van der Waals surface area contributed by atoms with E-state index in [1.807, 2.05) is 42.5 Å². The Balaban J connectivity index is 1.92. The van der Waals surface area contributed by atoms with E-state index in [1.165, 1.54) is 6.07 Å². The summed E-state index contributed by atoms with van der Waals surface area (Å²) in [5.74, 6) is -0.643. The summed E-state index contributed by atoms with van der Waals surface area (Å²) in [7, 11) is 0. The van der Waals surface area contributed by atoms with E-state index in [4.69, 9.17) is 4.74 Å². The molecule has 0 aliphatic carbocycles. The molecular weight excluding hydrogens is 344 g/mol. The van der Waals surface area contributed by atoms with Gasteiger partial charge in [-0.15, -0.1) is 0 Å². The van der Waals surface area contributed by atoms with Crippen molar-refractivity contribution in [3.05, 3.63) is 76.3 Å². The molecule has 4 heteroatoms. The zero-order chi connectivity index (χ0) is 15.5. The molecule has 0 bridgehead atoms. The Kier molecular flexibility index (Phi) is 4.11. The van der Waals surface area contributed by atoms with Gasteiger partial charge in [-0.25, -0.2) is 4.79 Å². The highest BCUT2D eigenvalue weighted by atomic mass is 79.9. The van der Waals surface area contributed by atoms with E-state index < -0.39 is 5.97 Å². The van der Waals surface area contributed by atoms with Crippen molar-refractivity contribution in [3.8, 4) is 5.75 Å². The quantitative estimate of drug-likeness (QED) is 0.724. The minimum absolute atomic E-state index is 0.156. The summed E-state index contributed by atoms with van der Waals surface area (Å²) < 4.78 is 6.55. The molecule has 0 atom stereocenters. The molecule has 0 aliphatic rings. The molecule has 3 aromatic carbocycles. The minimum Gasteiger partial charge on any atom is -0.488 e. The van der Waals surface area contributed by atoms with Gasteiger partial charge in [-0.1, -0.05) is 58.4 Å². The smallest absolute Gasteiger partial charge is 0.339 e. The van der Waals surface area contributed by atoms with E-state index in [9.17, 15) is 9.90 Å². The average Bonchev–Trinajstić information content (AvgIpc) is 2.52. The van der Waals surface area contributed by atoms with Crippen molar-refractivity contribution in [1.82, 2.24) is 0 Å². The number of hydrogen-bond donors (Lipinski definition) is 1. The van der Waals surface area contributed by atoms with Crippen LogP contribution in [0.15, 0.2) is 65.1 Å². The first kappa shape index (κ1) is 14.6. The van der Waals surface area contributed by atoms with Gasteiger partial charge >= 0.3 is 5.97 Å². The molecule has 0 saturated heterocycles. The largest absolute Gasteiger partial charge is 0.488 e. The Bertz CT molecular complexity index is 837. The highest BCUT2D eigenvalue weighted by molar-refractivity contribution is 9.10. The van der Waals surface area contributed by atoms with Gasteiger partial charge in [-0.3, -0.25) is 0 Å². The van der Waals surface area contributed by atoms with E-state index in [1.54, 1.807) is 12.1 Å². The fourth-order valence-corrected chi connectivity index (χ4v) is 2.71. The normalized spacial score (nSPS) is 10.6. The highest BCUT2D eigenvalue weighted by Crippen LogP contribution is 2.26. The van der Waals surface area contributed by atoms with Gasteiger partial charge in [0.1, 0.15) is 17.9 Å². The van der Waals surface area contributed by atoms with Gasteiger partial charge in [-0.2, -0.15) is 0 Å². The van der Waals surface area contributed by atoms with Crippen LogP contribution in [0.4, 0.5) is 0 Å². The summed E-state index contributed by atoms with van der Waals surface area (Å²) in [6.07, 6.45) is 0. The molecule has 1 N–H and O–H groups in total. The molecule has 0 saturated carbocycles. The lowest BCUT2D eigenvalue weighted by Crippen LogP contribution is -2.03. The van der Waals surface area contributed by atoms with Crippen molar-refractivity contribution in [3.63, 3.8) is 0 Å². The van der Waals surface area contributed by atoms with Crippen LogP contribution in [0.2, 0.25) is 0 Å². The number of rotatable bonds is 4. The van der Waals surface area contributed by atoms with Crippen LogP contribution in [0.1, 0.15) is 15.9 Å². The Labute approximate surface area is 136 Å². The van der Waals surface area contributed by atoms with E-state index in [-0.39, 0.29) is 5.56 Å². The number of ether oxygens (including phenoxy) is 1. The molecule has 22 heavy (non-hydrogen) atoms. The van der Waals surface area contributed by atoms with Crippen LogP contribution in [-0.4, -0.2) is 11.1 Å². The van der Waals surface area contributed by atoms with Crippen molar-refractivity contribution in [2.24, 2.45) is 0 Å². The molecule has 0 spiro atoms. The summed E-state index contributed by atoms with van der Waals surface area (Å²) in [5.41, 5.74) is 1.18. The summed E-state index contributed by atoms with van der Waals surface area (Å²) in [5, 5.41) is 11.5. The topological polar surface area (TPSA) is 46.5 Å². The molecule has 0 heterocycles. The molecule has 0 fully saturated rings. The lowest BCUT2D eigenvalue weighted by Gasteiger charge is -2.11. The first-order valence-corrected chi connectivity index (χ1v) is 7.57. The number of carboxylic acids is 1. The lowest BCUT2D eigenvalue weighted by molar-refractivity contribution is 0.0692. The number of carboxylic acid groups (broad SMARTS) is 1. The van der Waals surface area contributed by atoms with Crippen molar-refractivity contribution >= 4 is 32.7 Å². The number of halogens is 1. The summed E-state index contributed by atoms with van der Waals surface area (Å²) in [6.45, 7) is 0.318. The van der Waals surface area contributed by atoms with Gasteiger partial charge < -0.3 is 9.84 Å². The number of hydrogen-bond acceptors (Lipinski definition) is 2. The molecule has 3 rings (SSSR count). The van der Waals surface area contributed by atoms with Crippen LogP contribution in [0.3, 0.4) is 0 Å². The van der Waals surface area contributed by atoms with Gasteiger partial charge in [0.05, 0.1) is 0 Å². The van der Waals surface area contributed by atoms with Gasteiger partial charge in [0.2, 0.25) is 0 Å². The van der Waals surface area contributed by atoms with Gasteiger partial charge in [0.25, 0.3) is 0 Å². The third kappa shape index (κ3) is 2.97. The maximum Gasteiger partial charge on any atom is 0.339 e. The fraction of sp³-hybridized carbons (Fsp3) is 0.0556. The molecule has 0 aromatic heterocycles. The first-order valence-electron chi connectivity index (χ1n) is 6.77. The minimum atomic E-state index is -1.000. The number of carbonyl (C=O) groups is 1. The predicted molar refractivity (Wildman–Crippen MR) is 89.4 cm³/mol. The maximum absolute atomic E-state index is 11.3. The van der Waals surface area contributed by atoms with Gasteiger partial charge in [0, 0.05) is 4.47 Å². The Morgan fingerprint density at radius 3 is 2.64 bits per heavy atom. The van der Waals surface area contributed by atoms with Crippen molar-refractivity contribution in [2.45, 2.75) is 6.61 Å². The van der Waals surface area contributed by atoms with Gasteiger partial charge in [0.15, 0.2) is 0 Å². The average molecular weight is 357 g/mol. The van der Waals surface area contributed by atoms with Crippen LogP contribution in [0, 0.1) is 0 Å². The first-order chi connectivity index (χ1) is 10.6. The Morgan fingerprint density at radius 2 is 1.82 bits per heavy atom. The molecule has 0 unspecified atom stereocenters. The zero-order valence-corrected chi connectivity index (χ0v) is 13.2. The van der Waals surface area contributed by atoms with Crippen molar-refractivity contribution < 1.29 is 14.6 Å². The number of fused-ring (bicyclic) bond motifs is 1. The fourth-order valence-electron chi connectivity index (χ4n) is 2.37. The highest BCUT2D eigenvalue weighted by Gasteiger charge is 2.12. The lowest BCUT2D eigenvalue weighted by atomic mass is 10.1. The predicted octanol–water partition coefficient (Wildman–Crippen LogP) is 4.88. The Morgan fingerprint density at radius 1 is 1.05 bits per heavy atom. The van der Waals surface area contributed by atoms with E-state index in [0.717, 1.165) is 20.8 Å². The number of aromatic carboxylic acids is 1. The zero-order valence-electron chi connectivity index (χ0n) is 11.6. The molecule has 3 nitrogen and oxygen atoms in total. The second kappa shape index (κ2) is 6.20. The summed E-state index contributed by atoms with van der Waals surface area (Å²) in [6, 6.07) is 18.9. The molecular formula is C18H13BrO3. The van der Waals surface area contributed by atoms with E-state index in [2.05, 4.69) is 15.9 Å². The van der Waals surface area contributed by atoms with Crippen LogP contribution < -0.4 is 4.74 Å². The summed E-state index contributed by atoms with van der Waals surface area (Å²) >= 11 is 3.34. The van der Waals surface area contributed by atoms with Crippen molar-refractivity contribution in [2.75, 3.05) is 0 Å². The molecule has 0 aliphatic heterocycles. The Hall–Kier alpha value is -2.33. The van der Waals surface area contributed by atoms with Crippen LogP contribution >= 0.6 is 15.9 Å².